The monoisotopic (exact) mass is 391 g/mol. The summed E-state index contributed by atoms with van der Waals surface area (Å²) in [6.07, 6.45) is 7.51. The Morgan fingerprint density at radius 3 is 2.92 bits per heavy atom. The summed E-state index contributed by atoms with van der Waals surface area (Å²) in [7, 11) is 1.90. The van der Waals surface area contributed by atoms with Crippen LogP contribution in [0.25, 0.3) is 10.2 Å². The maximum absolute atomic E-state index is 12.9. The third-order valence-corrected chi connectivity index (χ3v) is 6.84. The summed E-state index contributed by atoms with van der Waals surface area (Å²) in [5.74, 6) is 0.104. The van der Waals surface area contributed by atoms with E-state index in [1.54, 1.807) is 16.7 Å². The molecule has 140 valence electrons. The van der Waals surface area contributed by atoms with Gasteiger partial charge >= 0.3 is 0 Å². The van der Waals surface area contributed by atoms with Crippen molar-refractivity contribution in [2.45, 2.75) is 62.0 Å². The molecule has 0 saturated heterocycles. The van der Waals surface area contributed by atoms with E-state index in [0.29, 0.717) is 23.1 Å². The van der Waals surface area contributed by atoms with Gasteiger partial charge in [0, 0.05) is 19.6 Å². The van der Waals surface area contributed by atoms with E-state index in [4.69, 9.17) is 0 Å². The quantitative estimate of drug-likeness (QED) is 0.425. The minimum Gasteiger partial charge on any atom is -0.342 e. The molecule has 2 heterocycles. The van der Waals surface area contributed by atoms with Crippen LogP contribution < -0.4 is 5.56 Å². The van der Waals surface area contributed by atoms with Crippen molar-refractivity contribution >= 4 is 39.2 Å². The Kier molecular flexibility index (Phi) is 6.19. The van der Waals surface area contributed by atoms with E-state index in [-0.39, 0.29) is 16.7 Å². The number of carbonyl (C=O) groups excluding carboxylic acids is 1. The molecule has 0 aromatic carbocycles. The number of hydrogen-bond donors (Lipinski definition) is 0. The van der Waals surface area contributed by atoms with E-state index in [1.165, 1.54) is 42.4 Å². The Hall–Kier alpha value is -1.60. The number of carbonyl (C=O) groups is 1. The van der Waals surface area contributed by atoms with Gasteiger partial charge in [-0.1, -0.05) is 37.1 Å². The largest absolute Gasteiger partial charge is 0.342 e. The average Bonchev–Trinajstić information content (AvgIpc) is 3.13. The fourth-order valence-electron chi connectivity index (χ4n) is 3.45. The van der Waals surface area contributed by atoms with Gasteiger partial charge in [-0.25, -0.2) is 4.98 Å². The molecule has 3 rings (SSSR count). The Morgan fingerprint density at radius 1 is 1.50 bits per heavy atom. The van der Waals surface area contributed by atoms with E-state index in [2.05, 4.69) is 11.6 Å². The molecule has 7 heteroatoms. The van der Waals surface area contributed by atoms with Crippen LogP contribution >= 0.6 is 23.1 Å². The predicted octanol–water partition coefficient (Wildman–Crippen LogP) is 3.92. The second-order valence-electron chi connectivity index (χ2n) is 6.74. The highest BCUT2D eigenvalue weighted by Crippen LogP contribution is 2.28. The summed E-state index contributed by atoms with van der Waals surface area (Å²) in [6.45, 7) is 6.03. The third-order valence-electron chi connectivity index (χ3n) is 4.96. The van der Waals surface area contributed by atoms with E-state index in [1.807, 2.05) is 24.3 Å². The number of allylic oxidation sites excluding steroid dienone is 1. The summed E-state index contributed by atoms with van der Waals surface area (Å²) < 4.78 is 1.61. The number of hydrogen-bond acceptors (Lipinski definition) is 5. The normalized spacial score (nSPS) is 16.5. The van der Waals surface area contributed by atoms with Crippen molar-refractivity contribution in [3.8, 4) is 0 Å². The molecule has 1 aliphatic carbocycles. The number of rotatable bonds is 6. The van der Waals surface area contributed by atoms with Crippen molar-refractivity contribution in [1.29, 1.82) is 0 Å². The lowest BCUT2D eigenvalue weighted by Crippen LogP contribution is -2.42. The molecule has 1 unspecified atom stereocenters. The van der Waals surface area contributed by atoms with Gasteiger partial charge in [-0.3, -0.25) is 14.2 Å². The van der Waals surface area contributed by atoms with Gasteiger partial charge in [0.2, 0.25) is 5.91 Å². The summed E-state index contributed by atoms with van der Waals surface area (Å²) in [6, 6.07) is 2.14. The van der Waals surface area contributed by atoms with Gasteiger partial charge in [-0.05, 0) is 31.2 Å². The molecular weight excluding hydrogens is 366 g/mol. The van der Waals surface area contributed by atoms with Gasteiger partial charge in [-0.2, -0.15) is 0 Å². The molecule has 0 aliphatic heterocycles. The molecule has 0 N–H and O–H groups in total. The number of nitrogens with zero attached hydrogens (tertiary/aromatic N) is 3. The summed E-state index contributed by atoms with van der Waals surface area (Å²) >= 11 is 2.81. The molecule has 1 saturated carbocycles. The van der Waals surface area contributed by atoms with Crippen molar-refractivity contribution in [3.05, 3.63) is 34.5 Å². The summed E-state index contributed by atoms with van der Waals surface area (Å²) in [5, 5.41) is 2.79. The standard InChI is InChI=1S/C19H25N3O2S2/c1-4-11-22-18(24)15-10-12-25-16(15)20-19(22)26-13(2)17(23)21(3)14-8-6-5-7-9-14/h4,10,12-14H,1,5-9,11H2,2-3H3. The highest BCUT2D eigenvalue weighted by Gasteiger charge is 2.27. The average molecular weight is 392 g/mol. The maximum Gasteiger partial charge on any atom is 0.263 e. The lowest BCUT2D eigenvalue weighted by atomic mass is 9.94. The highest BCUT2D eigenvalue weighted by molar-refractivity contribution is 8.00. The zero-order chi connectivity index (χ0) is 18.7. The van der Waals surface area contributed by atoms with E-state index in [9.17, 15) is 9.59 Å². The van der Waals surface area contributed by atoms with E-state index < -0.39 is 0 Å². The smallest absolute Gasteiger partial charge is 0.263 e. The van der Waals surface area contributed by atoms with Crippen molar-refractivity contribution in [3.63, 3.8) is 0 Å². The predicted molar refractivity (Wildman–Crippen MR) is 109 cm³/mol. The zero-order valence-corrected chi connectivity index (χ0v) is 16.9. The third kappa shape index (κ3) is 3.88. The van der Waals surface area contributed by atoms with Gasteiger partial charge in [0.05, 0.1) is 10.6 Å². The summed E-state index contributed by atoms with van der Waals surface area (Å²) in [5.41, 5.74) is -0.0704. The first-order chi connectivity index (χ1) is 12.5. The van der Waals surface area contributed by atoms with E-state index in [0.717, 1.165) is 17.7 Å². The van der Waals surface area contributed by atoms with Crippen LogP contribution in [0, 0.1) is 0 Å². The Labute approximate surface area is 162 Å². The van der Waals surface area contributed by atoms with Crippen LogP contribution in [-0.2, 0) is 11.3 Å². The molecule has 0 spiro atoms. The first-order valence-corrected chi connectivity index (χ1v) is 10.8. The molecule has 1 fully saturated rings. The fraction of sp³-hybridized carbons (Fsp3) is 0.526. The zero-order valence-electron chi connectivity index (χ0n) is 15.3. The van der Waals surface area contributed by atoms with Crippen LogP contribution in [0.1, 0.15) is 39.0 Å². The van der Waals surface area contributed by atoms with Crippen molar-refractivity contribution < 1.29 is 4.79 Å². The van der Waals surface area contributed by atoms with Gasteiger partial charge in [-0.15, -0.1) is 17.9 Å². The van der Waals surface area contributed by atoms with Crippen LogP contribution in [0.15, 0.2) is 34.1 Å². The minimum atomic E-state index is -0.290. The van der Waals surface area contributed by atoms with Gasteiger partial charge < -0.3 is 4.90 Å². The molecular formula is C19H25N3O2S2. The second-order valence-corrected chi connectivity index (χ2v) is 8.94. The Bertz CT molecular complexity index is 852. The van der Waals surface area contributed by atoms with Crippen molar-refractivity contribution in [2.75, 3.05) is 7.05 Å². The Morgan fingerprint density at radius 2 is 2.23 bits per heavy atom. The van der Waals surface area contributed by atoms with Crippen LogP contribution in [0.2, 0.25) is 0 Å². The topological polar surface area (TPSA) is 55.2 Å². The van der Waals surface area contributed by atoms with Crippen LogP contribution in [0.5, 0.6) is 0 Å². The molecule has 1 atom stereocenters. The number of amides is 1. The molecule has 26 heavy (non-hydrogen) atoms. The lowest BCUT2D eigenvalue weighted by Gasteiger charge is -2.32. The van der Waals surface area contributed by atoms with Gasteiger partial charge in [0.25, 0.3) is 5.56 Å². The van der Waals surface area contributed by atoms with E-state index >= 15 is 0 Å². The number of thioether (sulfide) groups is 1. The minimum absolute atomic E-state index is 0.0704. The molecule has 0 bridgehead atoms. The van der Waals surface area contributed by atoms with Crippen LogP contribution in [0.3, 0.4) is 0 Å². The summed E-state index contributed by atoms with van der Waals surface area (Å²) in [4.78, 5) is 32.8. The molecule has 5 nitrogen and oxygen atoms in total. The first-order valence-electron chi connectivity index (χ1n) is 9.05. The number of aromatic nitrogens is 2. The van der Waals surface area contributed by atoms with Crippen LogP contribution in [-0.4, -0.2) is 38.7 Å². The molecule has 1 amide bonds. The van der Waals surface area contributed by atoms with Gasteiger partial charge in [0.1, 0.15) is 4.83 Å². The lowest BCUT2D eigenvalue weighted by molar-refractivity contribution is -0.131. The highest BCUT2D eigenvalue weighted by atomic mass is 32.2. The Balaban J connectivity index is 1.82. The molecule has 1 aliphatic rings. The fourth-order valence-corrected chi connectivity index (χ4v) is 5.28. The van der Waals surface area contributed by atoms with Crippen molar-refractivity contribution in [1.82, 2.24) is 14.5 Å². The maximum atomic E-state index is 12.9. The molecule has 2 aromatic heterocycles. The second kappa shape index (κ2) is 8.39. The van der Waals surface area contributed by atoms with Gasteiger partial charge in [0.15, 0.2) is 5.16 Å². The van der Waals surface area contributed by atoms with Crippen molar-refractivity contribution in [2.24, 2.45) is 0 Å². The number of fused-ring (bicyclic) bond motifs is 1. The van der Waals surface area contributed by atoms with Crippen LogP contribution in [0.4, 0.5) is 0 Å². The molecule has 0 radical (unpaired) electrons. The first kappa shape index (κ1) is 19.2. The SMILES string of the molecule is C=CCn1c(SC(C)C(=O)N(C)C2CCCCC2)nc2sccc2c1=O. The number of thiophene rings is 1. The molecule has 2 aromatic rings.